The van der Waals surface area contributed by atoms with Gasteiger partial charge in [-0.05, 0) is 35.4 Å². The monoisotopic (exact) mass is 688 g/mol. The number of anilines is 2. The number of amidine groups is 2. The number of nitrogens with one attached hydrogen (secondary N) is 2. The molecule has 5 aromatic rings. The third-order valence-corrected chi connectivity index (χ3v) is 10.9. The lowest BCUT2D eigenvalue weighted by Gasteiger charge is -2.25. The fourth-order valence-electron chi connectivity index (χ4n) is 6.27. The van der Waals surface area contributed by atoms with E-state index in [9.17, 15) is 9.59 Å². The lowest BCUT2D eigenvalue weighted by molar-refractivity contribution is -0.123. The topological polar surface area (TPSA) is 89.4 Å². The molecule has 4 aliphatic heterocycles. The number of nitrogens with zero attached hydrogens (tertiary/aromatic N) is 4. The number of carbonyl (C=O) groups is 2. The molecule has 10 heteroatoms. The minimum atomic E-state index is -0.399. The first-order valence-corrected chi connectivity index (χ1v) is 17.9. The van der Waals surface area contributed by atoms with Crippen LogP contribution in [0.2, 0.25) is 0 Å². The molecule has 0 fully saturated rings. The van der Waals surface area contributed by atoms with E-state index in [1.807, 2.05) is 133 Å². The number of rotatable bonds is 6. The maximum Gasteiger partial charge on any atom is 0.280 e. The number of amides is 2. The van der Waals surface area contributed by atoms with Gasteiger partial charge in [0.25, 0.3) is 11.8 Å². The van der Waals surface area contributed by atoms with Crippen LogP contribution in [0.5, 0.6) is 0 Å². The molecule has 0 aliphatic carbocycles. The Hall–Kier alpha value is -5.84. The number of fused-ring (bicyclic) bond motifs is 2. The molecule has 0 saturated carbocycles. The predicted molar refractivity (Wildman–Crippen MR) is 201 cm³/mol. The number of carbonyl (C=O) groups excluding carboxylic acids is 2. The van der Waals surface area contributed by atoms with Gasteiger partial charge in [-0.1, -0.05) is 145 Å². The first-order valence-electron chi connectivity index (χ1n) is 16.1. The van der Waals surface area contributed by atoms with Crippen molar-refractivity contribution in [2.75, 3.05) is 10.6 Å². The van der Waals surface area contributed by atoms with E-state index in [0.717, 1.165) is 43.4 Å². The van der Waals surface area contributed by atoms with E-state index in [2.05, 4.69) is 22.8 Å². The highest BCUT2D eigenvalue weighted by atomic mass is 32.2. The molecule has 0 aromatic heterocycles. The van der Waals surface area contributed by atoms with Crippen LogP contribution in [0.4, 0.5) is 11.4 Å². The Morgan fingerprint density at radius 2 is 0.880 bits per heavy atom. The zero-order valence-corrected chi connectivity index (χ0v) is 28.1. The molecule has 4 heterocycles. The van der Waals surface area contributed by atoms with Gasteiger partial charge in [0.15, 0.2) is 11.0 Å². The summed E-state index contributed by atoms with van der Waals surface area (Å²) in [5.74, 6) is 0.890. The van der Waals surface area contributed by atoms with Crippen LogP contribution in [0.15, 0.2) is 165 Å². The van der Waals surface area contributed by atoms with Crippen molar-refractivity contribution in [1.29, 1.82) is 0 Å². The number of aliphatic imine (C=N–C) groups is 2. The van der Waals surface area contributed by atoms with E-state index >= 15 is 0 Å². The van der Waals surface area contributed by atoms with Crippen LogP contribution < -0.4 is 10.6 Å². The largest absolute Gasteiger partial charge is 0.355 e. The molecule has 8 nitrogen and oxygen atoms in total. The lowest BCUT2D eigenvalue weighted by Crippen LogP contribution is -2.42. The maximum atomic E-state index is 14.0. The third-order valence-electron chi connectivity index (χ3n) is 8.64. The van der Waals surface area contributed by atoms with Crippen molar-refractivity contribution in [2.24, 2.45) is 9.98 Å². The van der Waals surface area contributed by atoms with Gasteiger partial charge in [-0.25, -0.2) is 9.98 Å². The van der Waals surface area contributed by atoms with E-state index in [4.69, 9.17) is 9.98 Å². The zero-order chi connectivity index (χ0) is 33.6. The predicted octanol–water partition coefficient (Wildman–Crippen LogP) is 7.95. The quantitative estimate of drug-likeness (QED) is 0.176. The summed E-state index contributed by atoms with van der Waals surface area (Å²) in [5.41, 5.74) is 5.39. The van der Waals surface area contributed by atoms with Crippen molar-refractivity contribution in [3.05, 3.63) is 167 Å². The first-order chi connectivity index (χ1) is 24.6. The minimum absolute atomic E-state index is 0.162. The van der Waals surface area contributed by atoms with Crippen molar-refractivity contribution in [3.63, 3.8) is 0 Å². The molecule has 9 rings (SSSR count). The molecule has 2 N–H and O–H groups in total. The fourth-order valence-corrected chi connectivity index (χ4v) is 8.59. The molecule has 0 radical (unpaired) electrons. The van der Waals surface area contributed by atoms with Crippen molar-refractivity contribution in [2.45, 2.75) is 20.8 Å². The summed E-state index contributed by atoms with van der Waals surface area (Å²) >= 11 is 3.13. The average Bonchev–Trinajstić information content (AvgIpc) is 3.92. The van der Waals surface area contributed by atoms with Crippen LogP contribution in [-0.2, 0) is 9.59 Å². The molecule has 50 heavy (non-hydrogen) atoms. The number of hydrogen-bond donors (Lipinski definition) is 2. The minimum Gasteiger partial charge on any atom is -0.355 e. The summed E-state index contributed by atoms with van der Waals surface area (Å²) in [4.78, 5) is 43.1. The van der Waals surface area contributed by atoms with Crippen LogP contribution in [0.25, 0.3) is 12.2 Å². The highest BCUT2D eigenvalue weighted by Crippen LogP contribution is 2.50. The van der Waals surface area contributed by atoms with Crippen LogP contribution in [-0.4, -0.2) is 44.3 Å². The summed E-state index contributed by atoms with van der Waals surface area (Å²) in [6.07, 6.45) is 3.67. The number of hydrogen-bond acceptors (Lipinski definition) is 8. The molecule has 5 aromatic carbocycles. The average molecular weight is 689 g/mol. The van der Waals surface area contributed by atoms with Gasteiger partial charge in [-0.2, -0.15) is 0 Å². The zero-order valence-electron chi connectivity index (χ0n) is 26.4. The second-order valence-corrected chi connectivity index (χ2v) is 14.2. The summed E-state index contributed by atoms with van der Waals surface area (Å²) in [6, 6.07) is 43.3. The highest BCUT2D eigenvalue weighted by molar-refractivity contribution is 8.01. The molecular formula is C40H28N6O2S2. The summed E-state index contributed by atoms with van der Waals surface area (Å²) in [7, 11) is 0. The van der Waals surface area contributed by atoms with Gasteiger partial charge in [0, 0.05) is 20.9 Å². The summed E-state index contributed by atoms with van der Waals surface area (Å²) < 4.78 is 0. The Bertz CT molecular complexity index is 2080. The molecule has 2 unspecified atom stereocenters. The number of benzene rings is 5. The highest BCUT2D eigenvalue weighted by Gasteiger charge is 2.43. The van der Waals surface area contributed by atoms with E-state index in [1.165, 1.54) is 0 Å². The van der Waals surface area contributed by atoms with Crippen molar-refractivity contribution < 1.29 is 9.59 Å². The molecule has 242 valence electrons. The normalized spacial score (nSPS) is 20.9. The smallest absolute Gasteiger partial charge is 0.280 e. The summed E-state index contributed by atoms with van der Waals surface area (Å²) in [5, 5.41) is 7.18. The maximum absolute atomic E-state index is 14.0. The van der Waals surface area contributed by atoms with Crippen LogP contribution >= 0.6 is 23.5 Å². The molecule has 0 saturated heterocycles. The fraction of sp³-hybridized carbons (Fsp3) is 0.0500. The van der Waals surface area contributed by atoms with Crippen LogP contribution in [0.1, 0.15) is 22.3 Å². The van der Waals surface area contributed by atoms with E-state index in [0.29, 0.717) is 23.1 Å². The Labute approximate surface area is 297 Å². The van der Waals surface area contributed by atoms with Gasteiger partial charge >= 0.3 is 0 Å². The number of thioether (sulfide) groups is 2. The van der Waals surface area contributed by atoms with Crippen molar-refractivity contribution >= 4 is 70.5 Å². The van der Waals surface area contributed by atoms with Gasteiger partial charge in [0.1, 0.15) is 23.1 Å². The Morgan fingerprint density at radius 3 is 1.26 bits per heavy atom. The molecule has 0 bridgehead atoms. The molecule has 2 atom stereocenters. The van der Waals surface area contributed by atoms with E-state index in [-0.39, 0.29) is 11.8 Å². The Morgan fingerprint density at radius 1 is 0.520 bits per heavy atom. The van der Waals surface area contributed by atoms with Crippen LogP contribution in [0.3, 0.4) is 0 Å². The van der Waals surface area contributed by atoms with Gasteiger partial charge in [-0.3, -0.25) is 19.4 Å². The van der Waals surface area contributed by atoms with Crippen molar-refractivity contribution in [3.8, 4) is 0 Å². The third kappa shape index (κ3) is 5.48. The van der Waals surface area contributed by atoms with Gasteiger partial charge in [-0.15, -0.1) is 0 Å². The SMILES string of the molecule is O=C1C(=Cc2ccccc2)N=C(c2ccccc2)N1C1Nc2cc3c(cc2S1)NC(N1C(=O)C(=Cc2ccccc2)N=C1c1ccccc1)S3. The Balaban J connectivity index is 0.988. The lowest BCUT2D eigenvalue weighted by atomic mass is 10.2. The Kier molecular flexibility index (Phi) is 7.59. The first kappa shape index (κ1) is 30.2. The van der Waals surface area contributed by atoms with Gasteiger partial charge in [0.2, 0.25) is 0 Å². The molecule has 0 spiro atoms. The second-order valence-electron chi connectivity index (χ2n) is 11.9. The van der Waals surface area contributed by atoms with E-state index in [1.54, 1.807) is 33.3 Å². The molecular weight excluding hydrogens is 661 g/mol. The van der Waals surface area contributed by atoms with Crippen LogP contribution in [0, 0.1) is 0 Å². The van der Waals surface area contributed by atoms with Crippen molar-refractivity contribution in [1.82, 2.24) is 9.80 Å². The van der Waals surface area contributed by atoms with E-state index < -0.39 is 11.0 Å². The second kappa shape index (κ2) is 12.6. The van der Waals surface area contributed by atoms with Gasteiger partial charge in [0.05, 0.1) is 11.4 Å². The summed E-state index contributed by atoms with van der Waals surface area (Å²) in [6.45, 7) is 0. The molecule has 2 amide bonds. The van der Waals surface area contributed by atoms with Gasteiger partial charge < -0.3 is 10.6 Å². The molecule has 4 aliphatic rings. The standard InChI is InChI=1S/C40H28N6O2S2/c47-37-31(21-25-13-5-1-6-14-25)41-35(27-17-9-3-10-18-27)45(37)39-43-29-23-34-30(24-33(29)49-39)44-40(50-34)46-36(28-19-11-4-12-20-28)42-32(38(46)48)22-26-15-7-2-8-16-26/h1-24,39-40,43-44H.